The van der Waals surface area contributed by atoms with Gasteiger partial charge < -0.3 is 14.5 Å². The number of primary sulfonamides is 1. The number of hydrogen-bond acceptors (Lipinski definition) is 5. The molecule has 27 heavy (non-hydrogen) atoms. The highest BCUT2D eigenvalue weighted by Gasteiger charge is 2.26. The van der Waals surface area contributed by atoms with Crippen LogP contribution in [-0.4, -0.2) is 52.5 Å². The summed E-state index contributed by atoms with van der Waals surface area (Å²) in [6.45, 7) is 2.19. The van der Waals surface area contributed by atoms with Gasteiger partial charge in [-0.15, -0.1) is 0 Å². The van der Waals surface area contributed by atoms with Crippen LogP contribution in [0.15, 0.2) is 47.4 Å². The first-order valence-electron chi connectivity index (χ1n) is 8.31. The third-order valence-corrected chi connectivity index (χ3v) is 5.72. The Morgan fingerprint density at radius 2 is 1.78 bits per heavy atom. The quantitative estimate of drug-likeness (QED) is 0.833. The Balaban J connectivity index is 1.79. The summed E-state index contributed by atoms with van der Waals surface area (Å²) in [5, 5.41) is 5.85. The molecule has 2 aromatic rings. The molecule has 0 bridgehead atoms. The van der Waals surface area contributed by atoms with Crippen molar-refractivity contribution >= 4 is 33.2 Å². The second-order valence-electron chi connectivity index (χ2n) is 6.14. The first kappa shape index (κ1) is 19.5. The van der Waals surface area contributed by atoms with Crippen molar-refractivity contribution in [3.8, 4) is 5.75 Å². The predicted molar refractivity (Wildman–Crippen MR) is 104 cm³/mol. The van der Waals surface area contributed by atoms with E-state index in [1.165, 1.54) is 25.3 Å². The smallest absolute Gasteiger partial charge is 0.257 e. The van der Waals surface area contributed by atoms with Crippen LogP contribution in [0.1, 0.15) is 10.4 Å². The number of methoxy groups -OCH3 is 1. The lowest BCUT2D eigenvalue weighted by Gasteiger charge is -2.36. The molecule has 0 aliphatic carbocycles. The van der Waals surface area contributed by atoms with Gasteiger partial charge in [0.1, 0.15) is 5.75 Å². The Bertz CT molecular complexity index is 957. The Hall–Kier alpha value is -2.29. The monoisotopic (exact) mass is 409 g/mol. The molecule has 1 saturated heterocycles. The number of amides is 1. The van der Waals surface area contributed by atoms with E-state index >= 15 is 0 Å². The number of benzene rings is 2. The van der Waals surface area contributed by atoms with Crippen LogP contribution in [0.25, 0.3) is 0 Å². The minimum atomic E-state index is -3.91. The highest BCUT2D eigenvalue weighted by Crippen LogP contribution is 2.28. The van der Waals surface area contributed by atoms with Crippen molar-refractivity contribution in [2.45, 2.75) is 4.90 Å². The number of carbonyl (C=O) groups excluding carboxylic acids is 1. The fourth-order valence-corrected chi connectivity index (χ4v) is 3.86. The fraction of sp³-hybridized carbons (Fsp3) is 0.278. The van der Waals surface area contributed by atoms with Crippen molar-refractivity contribution in [3.63, 3.8) is 0 Å². The van der Waals surface area contributed by atoms with Crippen LogP contribution in [0.4, 0.5) is 5.69 Å². The van der Waals surface area contributed by atoms with E-state index < -0.39 is 10.0 Å². The number of nitrogens with two attached hydrogens (primary N) is 1. The van der Waals surface area contributed by atoms with E-state index in [4.69, 9.17) is 21.5 Å². The lowest BCUT2D eigenvalue weighted by molar-refractivity contribution is 0.0743. The van der Waals surface area contributed by atoms with Crippen molar-refractivity contribution in [2.24, 2.45) is 5.14 Å². The molecule has 0 spiro atoms. The average molecular weight is 410 g/mol. The lowest BCUT2D eigenvalue weighted by Crippen LogP contribution is -2.49. The summed E-state index contributed by atoms with van der Waals surface area (Å²) in [4.78, 5) is 16.6. The summed E-state index contributed by atoms with van der Waals surface area (Å²) in [6.07, 6.45) is 0. The summed E-state index contributed by atoms with van der Waals surface area (Å²) < 4.78 is 28.4. The molecule has 0 aromatic heterocycles. The molecular formula is C18H20ClN3O4S. The van der Waals surface area contributed by atoms with Gasteiger partial charge in [0.05, 0.1) is 28.3 Å². The SMILES string of the molecule is COc1ccc(S(N)(=O)=O)cc1C(=O)N1CCN(c2ccccc2Cl)CC1. The lowest BCUT2D eigenvalue weighted by atomic mass is 10.1. The summed E-state index contributed by atoms with van der Waals surface area (Å²) in [7, 11) is -2.48. The van der Waals surface area contributed by atoms with Gasteiger partial charge >= 0.3 is 0 Å². The molecule has 9 heteroatoms. The fourth-order valence-electron chi connectivity index (χ4n) is 3.06. The molecule has 0 atom stereocenters. The Kier molecular flexibility index (Phi) is 5.59. The molecule has 1 heterocycles. The Morgan fingerprint density at radius 3 is 2.37 bits per heavy atom. The van der Waals surface area contributed by atoms with E-state index in [-0.39, 0.29) is 16.4 Å². The number of halogens is 1. The van der Waals surface area contributed by atoms with Gasteiger partial charge in [-0.25, -0.2) is 13.6 Å². The van der Waals surface area contributed by atoms with Gasteiger partial charge in [-0.1, -0.05) is 23.7 Å². The van der Waals surface area contributed by atoms with Gasteiger partial charge in [0.15, 0.2) is 0 Å². The zero-order valence-electron chi connectivity index (χ0n) is 14.8. The van der Waals surface area contributed by atoms with Gasteiger partial charge in [0.25, 0.3) is 5.91 Å². The van der Waals surface area contributed by atoms with Gasteiger partial charge in [-0.3, -0.25) is 4.79 Å². The highest BCUT2D eigenvalue weighted by molar-refractivity contribution is 7.89. The van der Waals surface area contributed by atoms with Crippen LogP contribution in [-0.2, 0) is 10.0 Å². The molecule has 2 N–H and O–H groups in total. The molecular weight excluding hydrogens is 390 g/mol. The maximum Gasteiger partial charge on any atom is 0.257 e. The molecule has 2 aromatic carbocycles. The maximum absolute atomic E-state index is 12.9. The van der Waals surface area contributed by atoms with Crippen molar-refractivity contribution in [1.29, 1.82) is 0 Å². The first-order chi connectivity index (χ1) is 12.8. The van der Waals surface area contributed by atoms with Gasteiger partial charge in [-0.2, -0.15) is 0 Å². The number of ether oxygens (including phenoxy) is 1. The van der Waals surface area contributed by atoms with Crippen LogP contribution in [0.2, 0.25) is 5.02 Å². The first-order valence-corrected chi connectivity index (χ1v) is 10.2. The van der Waals surface area contributed by atoms with E-state index in [9.17, 15) is 13.2 Å². The number of nitrogens with zero attached hydrogens (tertiary/aromatic N) is 2. The van der Waals surface area contributed by atoms with E-state index in [0.29, 0.717) is 37.0 Å². The van der Waals surface area contributed by atoms with Gasteiger partial charge in [0, 0.05) is 26.2 Å². The van der Waals surface area contributed by atoms with Crippen molar-refractivity contribution in [1.82, 2.24) is 4.90 Å². The zero-order chi connectivity index (χ0) is 19.6. The van der Waals surface area contributed by atoms with E-state index in [0.717, 1.165) is 5.69 Å². The van der Waals surface area contributed by atoms with Crippen molar-refractivity contribution in [3.05, 3.63) is 53.1 Å². The molecule has 0 unspecified atom stereocenters. The third-order valence-electron chi connectivity index (χ3n) is 4.49. The van der Waals surface area contributed by atoms with Gasteiger partial charge in [0.2, 0.25) is 10.0 Å². The molecule has 1 amide bonds. The topological polar surface area (TPSA) is 92.9 Å². The van der Waals surface area contributed by atoms with Crippen LogP contribution < -0.4 is 14.8 Å². The molecule has 1 aliphatic rings. The minimum absolute atomic E-state index is 0.124. The van der Waals surface area contributed by atoms with Crippen LogP contribution in [0.5, 0.6) is 5.75 Å². The summed E-state index contributed by atoms with van der Waals surface area (Å²) in [5.41, 5.74) is 1.11. The van der Waals surface area contributed by atoms with Crippen LogP contribution in [0, 0.1) is 0 Å². The molecule has 144 valence electrons. The average Bonchev–Trinajstić information content (AvgIpc) is 2.67. The van der Waals surface area contributed by atoms with E-state index in [2.05, 4.69) is 4.90 Å². The van der Waals surface area contributed by atoms with E-state index in [1.807, 2.05) is 24.3 Å². The minimum Gasteiger partial charge on any atom is -0.496 e. The van der Waals surface area contributed by atoms with Crippen LogP contribution >= 0.6 is 11.6 Å². The van der Waals surface area contributed by atoms with Crippen LogP contribution in [0.3, 0.4) is 0 Å². The number of piperazine rings is 1. The second kappa shape index (κ2) is 7.75. The molecule has 7 nitrogen and oxygen atoms in total. The number of hydrogen-bond donors (Lipinski definition) is 1. The molecule has 1 fully saturated rings. The third kappa shape index (κ3) is 4.18. The molecule has 1 aliphatic heterocycles. The number of anilines is 1. The molecule has 0 radical (unpaired) electrons. The predicted octanol–water partition coefficient (Wildman–Crippen LogP) is 1.96. The number of sulfonamides is 1. The largest absolute Gasteiger partial charge is 0.496 e. The Morgan fingerprint density at radius 1 is 1.11 bits per heavy atom. The normalized spacial score (nSPS) is 14.9. The highest BCUT2D eigenvalue weighted by atomic mass is 35.5. The maximum atomic E-state index is 12.9. The summed E-state index contributed by atoms with van der Waals surface area (Å²) >= 11 is 6.24. The van der Waals surface area contributed by atoms with Crippen molar-refractivity contribution in [2.75, 3.05) is 38.2 Å². The number of carbonyl (C=O) groups is 1. The second-order valence-corrected chi connectivity index (χ2v) is 8.11. The summed E-state index contributed by atoms with van der Waals surface area (Å²) in [5.74, 6) is 0.0112. The van der Waals surface area contributed by atoms with Gasteiger partial charge in [-0.05, 0) is 30.3 Å². The molecule has 0 saturated carbocycles. The zero-order valence-corrected chi connectivity index (χ0v) is 16.3. The molecule has 3 rings (SSSR count). The van der Waals surface area contributed by atoms with E-state index in [1.54, 1.807) is 4.90 Å². The number of rotatable bonds is 4. The Labute approximate surface area is 163 Å². The number of para-hydroxylation sites is 1. The summed E-state index contributed by atoms with van der Waals surface area (Å²) in [6, 6.07) is 11.6. The standard InChI is InChI=1S/C18H20ClN3O4S/c1-26-17-7-6-13(27(20,24)25)12-14(17)18(23)22-10-8-21(9-11-22)16-5-3-2-4-15(16)19/h2-7,12H,8-11H2,1H3,(H2,20,24,25). The van der Waals surface area contributed by atoms with Crippen molar-refractivity contribution < 1.29 is 17.9 Å².